The minimum atomic E-state index is -0.324. The number of nitrogens with zero attached hydrogens (tertiary/aromatic N) is 3. The van der Waals surface area contributed by atoms with E-state index in [1.165, 1.54) is 5.56 Å². The van der Waals surface area contributed by atoms with Crippen LogP contribution in [0.4, 0.5) is 4.39 Å². The first-order valence-electron chi connectivity index (χ1n) is 8.10. The fourth-order valence-corrected chi connectivity index (χ4v) is 2.61. The maximum Gasteiger partial charge on any atom is 0.155 e. The van der Waals surface area contributed by atoms with Gasteiger partial charge in [-0.25, -0.2) is 4.39 Å². The smallest absolute Gasteiger partial charge is 0.155 e. The van der Waals surface area contributed by atoms with Gasteiger partial charge < -0.3 is 0 Å². The molecule has 3 nitrogen and oxygen atoms in total. The first-order chi connectivity index (χ1) is 11.7. The van der Waals surface area contributed by atoms with Crippen LogP contribution in [0.3, 0.4) is 0 Å². The lowest BCUT2D eigenvalue weighted by Gasteiger charge is -2.02. The van der Waals surface area contributed by atoms with E-state index in [2.05, 4.69) is 22.4 Å². The van der Waals surface area contributed by atoms with Crippen LogP contribution in [0.1, 0.15) is 30.2 Å². The summed E-state index contributed by atoms with van der Waals surface area (Å²) in [5.74, 6) is -0.324. The van der Waals surface area contributed by atoms with Crippen molar-refractivity contribution >= 4 is 11.4 Å². The third kappa shape index (κ3) is 3.96. The molecular formula is C20H20FN3. The number of aromatic nitrogens is 3. The number of benzene rings is 2. The number of halogens is 1. The molecule has 0 fully saturated rings. The summed E-state index contributed by atoms with van der Waals surface area (Å²) in [4.78, 5) is 0. The van der Waals surface area contributed by atoms with E-state index in [0.29, 0.717) is 5.57 Å². The minimum absolute atomic E-state index is 0.288. The summed E-state index contributed by atoms with van der Waals surface area (Å²) in [6.45, 7) is 2.48. The molecule has 122 valence electrons. The molecule has 1 aromatic heterocycles. The molecule has 3 aromatic rings. The fourth-order valence-electron chi connectivity index (χ4n) is 2.61. The molecule has 0 bridgehead atoms. The van der Waals surface area contributed by atoms with Crippen molar-refractivity contribution < 1.29 is 4.39 Å². The maximum atomic E-state index is 14.6. The molecule has 0 amide bonds. The lowest BCUT2D eigenvalue weighted by molar-refractivity contribution is 0.558. The Morgan fingerprint density at radius 3 is 2.38 bits per heavy atom. The van der Waals surface area contributed by atoms with Gasteiger partial charge in [0.1, 0.15) is 5.69 Å². The van der Waals surface area contributed by atoms with Gasteiger partial charge >= 0.3 is 0 Å². The number of rotatable bonds is 6. The van der Waals surface area contributed by atoms with E-state index in [1.54, 1.807) is 17.8 Å². The molecule has 0 aliphatic heterocycles. The molecule has 0 radical (unpaired) electrons. The van der Waals surface area contributed by atoms with Crippen LogP contribution < -0.4 is 0 Å². The van der Waals surface area contributed by atoms with Crippen molar-refractivity contribution in [1.29, 1.82) is 0 Å². The Labute approximate surface area is 141 Å². The molecular weight excluding hydrogens is 301 g/mol. The van der Waals surface area contributed by atoms with E-state index < -0.39 is 0 Å². The molecule has 0 saturated carbocycles. The van der Waals surface area contributed by atoms with E-state index in [0.717, 1.165) is 24.9 Å². The Hall–Kier alpha value is -2.75. The molecule has 0 unspecified atom stereocenters. The van der Waals surface area contributed by atoms with E-state index in [-0.39, 0.29) is 11.5 Å². The Bertz CT molecular complexity index is 807. The highest BCUT2D eigenvalue weighted by Crippen LogP contribution is 2.25. The number of hydrogen-bond acceptors (Lipinski definition) is 2. The van der Waals surface area contributed by atoms with Crippen molar-refractivity contribution in [1.82, 2.24) is 15.0 Å². The summed E-state index contributed by atoms with van der Waals surface area (Å²) in [5, 5.41) is 8.01. The van der Waals surface area contributed by atoms with Gasteiger partial charge in [-0.1, -0.05) is 65.9 Å². The van der Waals surface area contributed by atoms with Gasteiger partial charge in [-0.2, -0.15) is 0 Å². The third-order valence-corrected chi connectivity index (χ3v) is 4.00. The van der Waals surface area contributed by atoms with Gasteiger partial charge in [-0.3, -0.25) is 4.68 Å². The Morgan fingerprint density at radius 1 is 1.00 bits per heavy atom. The van der Waals surface area contributed by atoms with Crippen LogP contribution in [0.25, 0.3) is 11.4 Å². The van der Waals surface area contributed by atoms with Crippen LogP contribution >= 0.6 is 0 Å². The third-order valence-electron chi connectivity index (χ3n) is 4.00. The summed E-state index contributed by atoms with van der Waals surface area (Å²) in [5.41, 5.74) is 3.01. The summed E-state index contributed by atoms with van der Waals surface area (Å²) in [7, 11) is 0. The Balaban J connectivity index is 1.65. The Kier molecular flexibility index (Phi) is 5.16. The lowest BCUT2D eigenvalue weighted by atomic mass is 10.1. The number of hydrogen-bond donors (Lipinski definition) is 0. The molecule has 0 N–H and O–H groups in total. The second kappa shape index (κ2) is 7.68. The molecule has 3 rings (SSSR count). The van der Waals surface area contributed by atoms with Crippen molar-refractivity contribution in [2.24, 2.45) is 0 Å². The van der Waals surface area contributed by atoms with Crippen molar-refractivity contribution in [2.75, 3.05) is 0 Å². The molecule has 0 atom stereocenters. The van der Waals surface area contributed by atoms with Crippen LogP contribution in [0, 0.1) is 0 Å². The van der Waals surface area contributed by atoms with Crippen LogP contribution in [-0.2, 0) is 13.0 Å². The highest BCUT2D eigenvalue weighted by Gasteiger charge is 2.11. The SMILES string of the molecule is C/C(=C(/F)c1cn(CCCc2ccccc2)nn1)c1ccccc1. The highest BCUT2D eigenvalue weighted by atomic mass is 19.1. The summed E-state index contributed by atoms with van der Waals surface area (Å²) in [6.07, 6.45) is 3.58. The van der Waals surface area contributed by atoms with Crippen LogP contribution in [0.2, 0.25) is 0 Å². The first kappa shape index (κ1) is 16.1. The van der Waals surface area contributed by atoms with Gasteiger partial charge in [0.05, 0.1) is 6.20 Å². The van der Waals surface area contributed by atoms with Gasteiger partial charge in [-0.15, -0.1) is 5.10 Å². The molecule has 0 aliphatic rings. The maximum absolute atomic E-state index is 14.6. The van der Waals surface area contributed by atoms with Gasteiger partial charge in [0, 0.05) is 6.54 Å². The lowest BCUT2D eigenvalue weighted by Crippen LogP contribution is -2.00. The van der Waals surface area contributed by atoms with Gasteiger partial charge in [0.25, 0.3) is 0 Å². The molecule has 0 saturated heterocycles. The zero-order chi connectivity index (χ0) is 16.8. The molecule has 4 heteroatoms. The van der Waals surface area contributed by atoms with Crippen molar-refractivity contribution in [3.05, 3.63) is 83.7 Å². The largest absolute Gasteiger partial charge is 0.252 e. The second-order valence-electron chi connectivity index (χ2n) is 5.76. The fraction of sp³-hybridized carbons (Fsp3) is 0.200. The van der Waals surface area contributed by atoms with E-state index in [4.69, 9.17) is 0 Å². The quantitative estimate of drug-likeness (QED) is 0.655. The van der Waals surface area contributed by atoms with Crippen LogP contribution in [0.5, 0.6) is 0 Å². The second-order valence-corrected chi connectivity index (χ2v) is 5.76. The first-order valence-corrected chi connectivity index (χ1v) is 8.10. The zero-order valence-corrected chi connectivity index (χ0v) is 13.7. The van der Waals surface area contributed by atoms with Gasteiger partial charge in [-0.05, 0) is 36.5 Å². The van der Waals surface area contributed by atoms with Crippen molar-refractivity contribution in [3.63, 3.8) is 0 Å². The molecule has 24 heavy (non-hydrogen) atoms. The Morgan fingerprint density at radius 2 is 1.67 bits per heavy atom. The average molecular weight is 321 g/mol. The monoisotopic (exact) mass is 321 g/mol. The molecule has 0 aliphatic carbocycles. The van der Waals surface area contributed by atoms with Crippen LogP contribution in [-0.4, -0.2) is 15.0 Å². The average Bonchev–Trinajstić information content (AvgIpc) is 3.11. The number of aryl methyl sites for hydroxylation is 2. The highest BCUT2D eigenvalue weighted by molar-refractivity contribution is 5.84. The van der Waals surface area contributed by atoms with E-state index >= 15 is 0 Å². The van der Waals surface area contributed by atoms with Crippen LogP contribution in [0.15, 0.2) is 66.9 Å². The summed E-state index contributed by atoms with van der Waals surface area (Å²) in [6, 6.07) is 19.8. The van der Waals surface area contributed by atoms with E-state index in [1.807, 2.05) is 48.5 Å². The van der Waals surface area contributed by atoms with Gasteiger partial charge in [0.2, 0.25) is 0 Å². The standard InChI is InChI=1S/C20H20FN3/c1-16(18-12-6-3-7-13-18)20(21)19-15-24(23-22-19)14-8-11-17-9-4-2-5-10-17/h2-7,9-10,12-13,15H,8,11,14H2,1H3/b20-16-. The molecule has 2 aromatic carbocycles. The predicted molar refractivity (Wildman–Crippen MR) is 94.8 cm³/mol. The van der Waals surface area contributed by atoms with Crippen molar-refractivity contribution in [3.8, 4) is 0 Å². The zero-order valence-electron chi connectivity index (χ0n) is 13.7. The van der Waals surface area contributed by atoms with Gasteiger partial charge in [0.15, 0.2) is 5.83 Å². The molecule has 0 spiro atoms. The number of allylic oxidation sites excluding steroid dienone is 1. The summed E-state index contributed by atoms with van der Waals surface area (Å²) < 4.78 is 16.3. The van der Waals surface area contributed by atoms with Crippen molar-refractivity contribution in [2.45, 2.75) is 26.3 Å². The summed E-state index contributed by atoms with van der Waals surface area (Å²) >= 11 is 0. The minimum Gasteiger partial charge on any atom is -0.252 e. The van der Waals surface area contributed by atoms with E-state index in [9.17, 15) is 4.39 Å². The molecule has 1 heterocycles. The topological polar surface area (TPSA) is 30.7 Å². The predicted octanol–water partition coefficient (Wildman–Crippen LogP) is 4.77. The normalized spacial score (nSPS) is 12.1.